The number of nitrogens with zero attached hydrogens (tertiary/aromatic N) is 1. The Morgan fingerprint density at radius 1 is 0.765 bits per heavy atom. The molecule has 3 N–H and O–H groups in total. The molecule has 0 bridgehead atoms. The van der Waals surface area contributed by atoms with Crippen LogP contribution in [0.15, 0.2) is 78.4 Å². The minimum Gasteiger partial charge on any atom is -0.507 e. The zero-order valence-electron chi connectivity index (χ0n) is 20.8. The first-order chi connectivity index (χ1) is 15.9. The molecule has 0 radical (unpaired) electrons. The summed E-state index contributed by atoms with van der Waals surface area (Å²) in [7, 11) is 0. The van der Waals surface area contributed by atoms with E-state index in [0.717, 1.165) is 28.2 Å². The van der Waals surface area contributed by atoms with Crippen LogP contribution in [0.4, 0.5) is 0 Å². The third kappa shape index (κ3) is 4.86. The van der Waals surface area contributed by atoms with E-state index in [1.165, 1.54) is 5.57 Å². The molecule has 4 heteroatoms. The number of dihydropyridines is 1. The molecule has 1 aliphatic heterocycles. The number of hydrogen-bond acceptors (Lipinski definition) is 4. The molecule has 176 valence electrons. The lowest BCUT2D eigenvalue weighted by Gasteiger charge is -2.31. The maximum Gasteiger partial charge on any atom is 0.124 e. The van der Waals surface area contributed by atoms with Crippen molar-refractivity contribution in [1.29, 1.82) is 0 Å². The highest BCUT2D eigenvalue weighted by molar-refractivity contribution is 5.74. The highest BCUT2D eigenvalue weighted by atomic mass is 16.3. The van der Waals surface area contributed by atoms with Gasteiger partial charge in [-0.05, 0) is 64.4 Å². The smallest absolute Gasteiger partial charge is 0.124 e. The van der Waals surface area contributed by atoms with Gasteiger partial charge < -0.3 is 15.5 Å². The van der Waals surface area contributed by atoms with Crippen molar-refractivity contribution in [2.75, 3.05) is 0 Å². The minimum atomic E-state index is -0.194. The summed E-state index contributed by atoms with van der Waals surface area (Å²) in [6.45, 7) is 13.1. The Labute approximate surface area is 202 Å². The van der Waals surface area contributed by atoms with Crippen LogP contribution < -0.4 is 5.32 Å². The van der Waals surface area contributed by atoms with Crippen LogP contribution in [0.1, 0.15) is 64.4 Å². The predicted molar refractivity (Wildman–Crippen MR) is 140 cm³/mol. The van der Waals surface area contributed by atoms with E-state index in [1.54, 1.807) is 12.1 Å². The number of phenolic OH excluding ortho intramolecular Hbond substituents is 2. The van der Waals surface area contributed by atoms with Gasteiger partial charge in [-0.25, -0.2) is 0 Å². The van der Waals surface area contributed by atoms with E-state index in [4.69, 9.17) is 4.98 Å². The van der Waals surface area contributed by atoms with E-state index >= 15 is 0 Å². The molecule has 1 aliphatic rings. The van der Waals surface area contributed by atoms with Gasteiger partial charge in [-0.15, -0.1) is 0 Å². The number of aromatic nitrogens is 1. The maximum absolute atomic E-state index is 10.5. The van der Waals surface area contributed by atoms with Gasteiger partial charge in [0.2, 0.25) is 0 Å². The molecular weight excluding hydrogens is 420 g/mol. The minimum absolute atomic E-state index is 0.0852. The van der Waals surface area contributed by atoms with Crippen molar-refractivity contribution in [2.24, 2.45) is 5.41 Å². The first-order valence-corrected chi connectivity index (χ1v) is 11.7. The summed E-state index contributed by atoms with van der Waals surface area (Å²) in [4.78, 5) is 5.01. The molecular formula is C30H34N2O2. The van der Waals surface area contributed by atoms with E-state index in [9.17, 15) is 10.2 Å². The lowest BCUT2D eigenvalue weighted by Crippen LogP contribution is -2.26. The molecule has 0 saturated carbocycles. The average Bonchev–Trinajstić information content (AvgIpc) is 2.78. The summed E-state index contributed by atoms with van der Waals surface area (Å²) in [5, 5.41) is 24.7. The molecule has 2 heterocycles. The Bertz CT molecular complexity index is 1270. The molecule has 0 aliphatic carbocycles. The predicted octanol–water partition coefficient (Wildman–Crippen LogP) is 7.12. The number of hydrogen-bond donors (Lipinski definition) is 3. The fourth-order valence-corrected chi connectivity index (χ4v) is 4.09. The van der Waals surface area contributed by atoms with E-state index in [1.807, 2.05) is 36.4 Å². The standard InChI is InChI=1S/C30H34N2O2/c1-29(2,3)19-15-23(21-11-7-9-13-27(21)33)31-25(17-19)26-18-20(30(4,5)6)16-24(32-26)22-12-8-10-14-28(22)34/h7-18,25,31,33-34H,1-6H3. The van der Waals surface area contributed by atoms with Gasteiger partial charge in [0.25, 0.3) is 0 Å². The number of phenols is 2. The fraction of sp³-hybridized carbons (Fsp3) is 0.300. The SMILES string of the molecule is CC(C)(C)C1=CC(c2cc(C(C)(C)C)cc(-c3ccccc3O)n2)NC(c2ccccc2O)=C1. The largest absolute Gasteiger partial charge is 0.507 e. The van der Waals surface area contributed by atoms with Crippen LogP contribution in [0.25, 0.3) is 17.0 Å². The number of aromatic hydroxyl groups is 2. The summed E-state index contributed by atoms with van der Waals surface area (Å²) in [5.74, 6) is 0.450. The second kappa shape index (κ2) is 8.68. The number of rotatable bonds is 3. The molecule has 4 nitrogen and oxygen atoms in total. The molecule has 0 fully saturated rings. The number of para-hydroxylation sites is 2. The van der Waals surface area contributed by atoms with Crippen LogP contribution in [0.2, 0.25) is 0 Å². The van der Waals surface area contributed by atoms with Crippen LogP contribution >= 0.6 is 0 Å². The lowest BCUT2D eigenvalue weighted by molar-refractivity contribution is 0.471. The number of allylic oxidation sites excluding steroid dienone is 2. The van der Waals surface area contributed by atoms with E-state index < -0.39 is 0 Å². The molecule has 2 aromatic carbocycles. The van der Waals surface area contributed by atoms with Crippen molar-refractivity contribution in [3.63, 3.8) is 0 Å². The number of nitrogens with one attached hydrogen (secondary N) is 1. The zero-order valence-corrected chi connectivity index (χ0v) is 20.8. The molecule has 1 unspecified atom stereocenters. The van der Waals surface area contributed by atoms with Gasteiger partial charge in [0.15, 0.2) is 0 Å². The van der Waals surface area contributed by atoms with Crippen LogP contribution in [-0.4, -0.2) is 15.2 Å². The number of pyridine rings is 1. The second-order valence-corrected chi connectivity index (χ2v) is 11.0. The van der Waals surface area contributed by atoms with Crippen LogP contribution in [0.3, 0.4) is 0 Å². The second-order valence-electron chi connectivity index (χ2n) is 11.0. The fourth-order valence-electron chi connectivity index (χ4n) is 4.09. The van der Waals surface area contributed by atoms with Gasteiger partial charge in [0.05, 0.1) is 17.4 Å². The van der Waals surface area contributed by atoms with Crippen LogP contribution in [0.5, 0.6) is 11.5 Å². The topological polar surface area (TPSA) is 65.4 Å². The summed E-state index contributed by atoms with van der Waals surface area (Å²) in [6.07, 6.45) is 4.33. The summed E-state index contributed by atoms with van der Waals surface area (Å²) >= 11 is 0. The van der Waals surface area contributed by atoms with E-state index in [0.29, 0.717) is 5.56 Å². The number of benzene rings is 2. The highest BCUT2D eigenvalue weighted by Crippen LogP contribution is 2.39. The van der Waals surface area contributed by atoms with Gasteiger partial charge in [-0.1, -0.05) is 71.9 Å². The van der Waals surface area contributed by atoms with Crippen LogP contribution in [0, 0.1) is 5.41 Å². The Morgan fingerprint density at radius 3 is 1.91 bits per heavy atom. The molecule has 0 spiro atoms. The quantitative estimate of drug-likeness (QED) is 0.394. The van der Waals surface area contributed by atoms with E-state index in [-0.39, 0.29) is 28.4 Å². The maximum atomic E-state index is 10.5. The molecule has 34 heavy (non-hydrogen) atoms. The summed E-state index contributed by atoms with van der Waals surface area (Å²) in [5.41, 5.74) is 6.07. The molecule has 0 saturated heterocycles. The first-order valence-electron chi connectivity index (χ1n) is 11.7. The van der Waals surface area contributed by atoms with Gasteiger partial charge in [-0.2, -0.15) is 0 Å². The summed E-state index contributed by atoms with van der Waals surface area (Å²) in [6, 6.07) is 18.7. The Hall–Kier alpha value is -3.53. The van der Waals surface area contributed by atoms with Gasteiger partial charge >= 0.3 is 0 Å². The Morgan fingerprint density at radius 2 is 1.35 bits per heavy atom. The molecule has 1 aromatic heterocycles. The average molecular weight is 455 g/mol. The summed E-state index contributed by atoms with van der Waals surface area (Å²) < 4.78 is 0. The van der Waals surface area contributed by atoms with Crippen molar-refractivity contribution in [2.45, 2.75) is 53.0 Å². The lowest BCUT2D eigenvalue weighted by atomic mass is 9.81. The molecule has 1 atom stereocenters. The molecule has 0 amide bonds. The van der Waals surface area contributed by atoms with Gasteiger partial charge in [0.1, 0.15) is 11.5 Å². The van der Waals surface area contributed by atoms with Crippen molar-refractivity contribution >= 4 is 5.70 Å². The Kier molecular flexibility index (Phi) is 6.03. The first kappa shape index (κ1) is 23.6. The van der Waals surface area contributed by atoms with Gasteiger partial charge in [0, 0.05) is 16.8 Å². The zero-order chi connectivity index (χ0) is 24.7. The normalized spacial score (nSPS) is 16.5. The third-order valence-electron chi connectivity index (χ3n) is 6.23. The van der Waals surface area contributed by atoms with Gasteiger partial charge in [-0.3, -0.25) is 4.98 Å². The third-order valence-corrected chi connectivity index (χ3v) is 6.23. The van der Waals surface area contributed by atoms with Crippen molar-refractivity contribution in [3.8, 4) is 22.8 Å². The van der Waals surface area contributed by atoms with E-state index in [2.05, 4.69) is 71.1 Å². The van der Waals surface area contributed by atoms with Crippen LogP contribution in [-0.2, 0) is 5.41 Å². The Balaban J connectivity index is 1.88. The highest BCUT2D eigenvalue weighted by Gasteiger charge is 2.27. The van der Waals surface area contributed by atoms with Crippen molar-refractivity contribution < 1.29 is 10.2 Å². The molecule has 3 aromatic rings. The van der Waals surface area contributed by atoms with Crippen molar-refractivity contribution in [3.05, 3.63) is 95.2 Å². The van der Waals surface area contributed by atoms with Crippen molar-refractivity contribution in [1.82, 2.24) is 10.3 Å². The molecule has 4 rings (SSSR count). The monoisotopic (exact) mass is 454 g/mol.